The van der Waals surface area contributed by atoms with E-state index >= 15 is 0 Å². The zero-order valence-electron chi connectivity index (χ0n) is 10.3. The molecule has 7 heteroatoms. The maximum Gasteiger partial charge on any atom is 0.261 e. The van der Waals surface area contributed by atoms with Crippen LogP contribution < -0.4 is 11.3 Å². The number of benzene rings is 1. The number of aromatic nitrogens is 1. The van der Waals surface area contributed by atoms with E-state index in [1.807, 2.05) is 0 Å². The Labute approximate surface area is 122 Å². The molecule has 5 nitrogen and oxygen atoms in total. The van der Waals surface area contributed by atoms with Crippen LogP contribution in [0.2, 0.25) is 0 Å². The molecule has 0 amide bonds. The Morgan fingerprint density at radius 3 is 2.85 bits per heavy atom. The highest BCUT2D eigenvalue weighted by molar-refractivity contribution is 9.10. The van der Waals surface area contributed by atoms with Gasteiger partial charge in [-0.15, -0.1) is 0 Å². The van der Waals surface area contributed by atoms with Crippen LogP contribution in [0.25, 0.3) is 0 Å². The number of pyridine rings is 1. The first kappa shape index (κ1) is 14.3. The maximum absolute atomic E-state index is 13.4. The summed E-state index contributed by atoms with van der Waals surface area (Å²) in [5.41, 5.74) is 5.71. The van der Waals surface area contributed by atoms with Crippen molar-refractivity contribution in [3.05, 3.63) is 68.3 Å². The molecule has 20 heavy (non-hydrogen) atoms. The number of halogens is 2. The van der Waals surface area contributed by atoms with Gasteiger partial charge in [-0.3, -0.25) is 4.79 Å². The van der Waals surface area contributed by atoms with Crippen LogP contribution in [0.1, 0.15) is 11.1 Å². The third kappa shape index (κ3) is 2.72. The smallest absolute Gasteiger partial charge is 0.261 e. The van der Waals surface area contributed by atoms with Crippen molar-refractivity contribution in [1.82, 2.24) is 4.57 Å². The van der Waals surface area contributed by atoms with Crippen molar-refractivity contribution in [3.8, 4) is 0 Å². The van der Waals surface area contributed by atoms with Gasteiger partial charge in [0, 0.05) is 6.20 Å². The zero-order chi connectivity index (χ0) is 14.7. The third-order valence-corrected chi connectivity index (χ3v) is 3.66. The van der Waals surface area contributed by atoms with Gasteiger partial charge in [-0.25, -0.2) is 4.39 Å². The molecule has 0 bridgehead atoms. The van der Waals surface area contributed by atoms with Crippen molar-refractivity contribution in [1.29, 1.82) is 0 Å². The second kappa shape index (κ2) is 5.87. The minimum absolute atomic E-state index is 0.0857. The van der Waals surface area contributed by atoms with Gasteiger partial charge < -0.3 is 15.5 Å². The fourth-order valence-corrected chi connectivity index (χ4v) is 2.15. The lowest BCUT2D eigenvalue weighted by Gasteiger charge is -2.09. The summed E-state index contributed by atoms with van der Waals surface area (Å²) in [6.45, 7) is 0.170. The van der Waals surface area contributed by atoms with Gasteiger partial charge in [0.25, 0.3) is 5.56 Å². The fraction of sp³-hybridized carbons (Fsp3) is 0.0769. The summed E-state index contributed by atoms with van der Waals surface area (Å²) in [5, 5.41) is 11.4. The van der Waals surface area contributed by atoms with Crippen molar-refractivity contribution in [2.24, 2.45) is 10.9 Å². The molecule has 0 aliphatic rings. The molecule has 1 heterocycles. The summed E-state index contributed by atoms with van der Waals surface area (Å²) in [7, 11) is 0. The first-order chi connectivity index (χ1) is 9.54. The largest absolute Gasteiger partial charge is 0.409 e. The number of oxime groups is 1. The molecule has 0 aliphatic heterocycles. The van der Waals surface area contributed by atoms with E-state index in [-0.39, 0.29) is 17.9 Å². The van der Waals surface area contributed by atoms with E-state index in [1.54, 1.807) is 24.4 Å². The molecule has 1 aromatic carbocycles. The Morgan fingerprint density at radius 2 is 2.15 bits per heavy atom. The summed E-state index contributed by atoms with van der Waals surface area (Å²) in [6, 6.07) is 7.64. The minimum atomic E-state index is -0.418. The Hall–Kier alpha value is -2.15. The van der Waals surface area contributed by atoms with Crippen molar-refractivity contribution in [2.75, 3.05) is 0 Å². The van der Waals surface area contributed by atoms with Crippen molar-refractivity contribution in [2.45, 2.75) is 6.54 Å². The Kier molecular flexibility index (Phi) is 4.19. The summed E-state index contributed by atoms with van der Waals surface area (Å²) in [4.78, 5) is 12.2. The number of rotatable bonds is 3. The van der Waals surface area contributed by atoms with Crippen LogP contribution in [0.4, 0.5) is 4.39 Å². The fourth-order valence-electron chi connectivity index (χ4n) is 1.76. The number of nitrogens with zero attached hydrogens (tertiary/aromatic N) is 2. The van der Waals surface area contributed by atoms with E-state index in [0.717, 1.165) is 0 Å². The van der Waals surface area contributed by atoms with Gasteiger partial charge in [0.15, 0.2) is 5.84 Å². The molecule has 0 aliphatic carbocycles. The first-order valence-electron chi connectivity index (χ1n) is 5.65. The molecule has 2 rings (SSSR count). The van der Waals surface area contributed by atoms with Gasteiger partial charge in [0.05, 0.1) is 16.6 Å². The Balaban J connectivity index is 2.45. The van der Waals surface area contributed by atoms with Crippen LogP contribution in [0.15, 0.2) is 51.0 Å². The lowest BCUT2D eigenvalue weighted by molar-refractivity contribution is 0.318. The van der Waals surface area contributed by atoms with Crippen molar-refractivity contribution in [3.63, 3.8) is 0 Å². The maximum atomic E-state index is 13.4. The highest BCUT2D eigenvalue weighted by Crippen LogP contribution is 2.20. The van der Waals surface area contributed by atoms with Crippen LogP contribution >= 0.6 is 15.9 Å². The molecule has 1 aromatic heterocycles. The summed E-state index contributed by atoms with van der Waals surface area (Å²) in [5.74, 6) is -0.661. The van der Waals surface area contributed by atoms with E-state index < -0.39 is 11.4 Å². The van der Waals surface area contributed by atoms with Gasteiger partial charge in [-0.1, -0.05) is 17.3 Å². The molecule has 0 saturated carbocycles. The highest BCUT2D eigenvalue weighted by atomic mass is 79.9. The molecule has 0 unspecified atom stereocenters. The number of nitrogens with two attached hydrogens (primary N) is 1. The SMILES string of the molecule is N/C(=N/O)c1cccn(Cc2cccc(F)c2Br)c1=O. The van der Waals surface area contributed by atoms with Crippen LogP contribution in [0, 0.1) is 5.82 Å². The molecule has 0 fully saturated rings. The molecular formula is C13H11BrFN3O2. The third-order valence-electron chi connectivity index (χ3n) is 2.78. The molecule has 0 saturated heterocycles. The predicted octanol–water partition coefficient (Wildman–Crippen LogP) is 1.89. The molecule has 0 spiro atoms. The average Bonchev–Trinajstić information content (AvgIpc) is 2.45. The first-order valence-corrected chi connectivity index (χ1v) is 6.44. The quantitative estimate of drug-likeness (QED) is 0.388. The topological polar surface area (TPSA) is 80.6 Å². The average molecular weight is 340 g/mol. The predicted molar refractivity (Wildman–Crippen MR) is 76.4 cm³/mol. The van der Waals surface area contributed by atoms with Gasteiger partial charge in [0.2, 0.25) is 0 Å². The van der Waals surface area contributed by atoms with Gasteiger partial charge >= 0.3 is 0 Å². The molecule has 2 aromatic rings. The lowest BCUT2D eigenvalue weighted by atomic mass is 10.2. The van der Waals surface area contributed by atoms with Crippen molar-refractivity contribution < 1.29 is 9.60 Å². The van der Waals surface area contributed by atoms with E-state index in [0.29, 0.717) is 10.0 Å². The van der Waals surface area contributed by atoms with Crippen LogP contribution in [-0.2, 0) is 6.54 Å². The van der Waals surface area contributed by atoms with Gasteiger partial charge in [-0.2, -0.15) is 0 Å². The molecular weight excluding hydrogens is 329 g/mol. The summed E-state index contributed by atoms with van der Waals surface area (Å²) in [6.07, 6.45) is 1.55. The standard InChI is InChI=1S/C13H11BrFN3O2/c14-11-8(3-1-5-10(11)15)7-18-6-2-4-9(13(18)19)12(16)17-20/h1-6,20H,7H2,(H2,16,17). The second-order valence-corrected chi connectivity index (χ2v) is 4.85. The van der Waals surface area contributed by atoms with Gasteiger partial charge in [0.1, 0.15) is 5.82 Å². The normalized spacial score (nSPS) is 11.6. The lowest BCUT2D eigenvalue weighted by Crippen LogP contribution is -2.30. The van der Waals surface area contributed by atoms with E-state index in [2.05, 4.69) is 21.1 Å². The highest BCUT2D eigenvalue weighted by Gasteiger charge is 2.10. The van der Waals surface area contributed by atoms with E-state index in [4.69, 9.17) is 10.9 Å². The van der Waals surface area contributed by atoms with Crippen LogP contribution in [0.3, 0.4) is 0 Å². The minimum Gasteiger partial charge on any atom is -0.409 e. The van der Waals surface area contributed by atoms with Crippen LogP contribution in [0.5, 0.6) is 0 Å². The van der Waals surface area contributed by atoms with Gasteiger partial charge in [-0.05, 0) is 39.7 Å². The molecule has 104 valence electrons. The van der Waals surface area contributed by atoms with E-state index in [9.17, 15) is 9.18 Å². The number of hydrogen-bond acceptors (Lipinski definition) is 3. The summed E-state index contributed by atoms with van der Waals surface area (Å²) < 4.78 is 15.1. The summed E-state index contributed by atoms with van der Waals surface area (Å²) >= 11 is 3.14. The number of amidine groups is 1. The molecule has 0 radical (unpaired) electrons. The molecule has 3 N–H and O–H groups in total. The van der Waals surface area contributed by atoms with Crippen LogP contribution in [-0.4, -0.2) is 15.6 Å². The van der Waals surface area contributed by atoms with E-state index in [1.165, 1.54) is 16.7 Å². The molecule has 0 atom stereocenters. The number of hydrogen-bond donors (Lipinski definition) is 2. The second-order valence-electron chi connectivity index (χ2n) is 4.05. The Bertz CT molecular complexity index is 728. The Morgan fingerprint density at radius 1 is 1.40 bits per heavy atom. The zero-order valence-corrected chi connectivity index (χ0v) is 11.8. The van der Waals surface area contributed by atoms with Crippen molar-refractivity contribution >= 4 is 21.8 Å². The monoisotopic (exact) mass is 339 g/mol.